The van der Waals surface area contributed by atoms with Gasteiger partial charge in [-0.1, -0.05) is 29.3 Å². The normalized spacial score (nSPS) is 11.1. The van der Waals surface area contributed by atoms with Crippen molar-refractivity contribution in [2.75, 3.05) is 20.3 Å². The van der Waals surface area contributed by atoms with Crippen LogP contribution in [0.5, 0.6) is 5.88 Å². The molecule has 24 heavy (non-hydrogen) atoms. The van der Waals surface area contributed by atoms with Gasteiger partial charge in [-0.2, -0.15) is 0 Å². The van der Waals surface area contributed by atoms with Crippen LogP contribution in [0.2, 0.25) is 10.0 Å². The molecule has 0 fully saturated rings. The number of methoxy groups -OCH3 is 1. The van der Waals surface area contributed by atoms with Crippen molar-refractivity contribution in [1.82, 2.24) is 9.78 Å². The Labute approximate surface area is 149 Å². The van der Waals surface area contributed by atoms with Gasteiger partial charge in [-0.15, -0.1) is 5.10 Å². The lowest BCUT2D eigenvalue weighted by Crippen LogP contribution is -2.07. The molecule has 128 valence electrons. The third-order valence-corrected chi connectivity index (χ3v) is 3.64. The monoisotopic (exact) mass is 370 g/mol. The van der Waals surface area contributed by atoms with Crippen molar-refractivity contribution in [2.24, 2.45) is 0 Å². The summed E-state index contributed by atoms with van der Waals surface area (Å²) >= 11 is 12.1. The highest BCUT2D eigenvalue weighted by Gasteiger charge is 2.10. The smallest absolute Gasteiger partial charge is 0.328 e. The number of nitrogens with zero attached hydrogens (tertiary/aromatic N) is 2. The van der Waals surface area contributed by atoms with Gasteiger partial charge >= 0.3 is 5.97 Å². The van der Waals surface area contributed by atoms with E-state index in [1.54, 1.807) is 36.1 Å². The van der Waals surface area contributed by atoms with Crippen LogP contribution in [0.4, 0.5) is 0 Å². The number of carboxylic acid groups (broad SMARTS) is 1. The lowest BCUT2D eigenvalue weighted by molar-refractivity contribution is -0.131. The Hall–Kier alpha value is -2.02. The van der Waals surface area contributed by atoms with Crippen LogP contribution in [-0.2, 0) is 16.1 Å². The third kappa shape index (κ3) is 5.26. The van der Waals surface area contributed by atoms with E-state index in [2.05, 4.69) is 5.10 Å². The fourth-order valence-electron chi connectivity index (χ4n) is 1.94. The van der Waals surface area contributed by atoms with E-state index in [-0.39, 0.29) is 0 Å². The summed E-state index contributed by atoms with van der Waals surface area (Å²) in [5.74, 6) is -0.670. The van der Waals surface area contributed by atoms with Crippen LogP contribution in [-0.4, -0.2) is 41.2 Å². The summed E-state index contributed by atoms with van der Waals surface area (Å²) in [6.07, 6.45) is 2.48. The number of benzene rings is 1. The van der Waals surface area contributed by atoms with Crippen molar-refractivity contribution in [3.8, 4) is 5.88 Å². The number of ether oxygens (including phenoxy) is 2. The molecule has 0 amide bonds. The van der Waals surface area contributed by atoms with Crippen molar-refractivity contribution < 1.29 is 19.4 Å². The molecule has 1 aromatic heterocycles. The van der Waals surface area contributed by atoms with Crippen LogP contribution in [0.25, 0.3) is 6.08 Å². The first-order chi connectivity index (χ1) is 11.5. The van der Waals surface area contributed by atoms with Gasteiger partial charge in [0.25, 0.3) is 0 Å². The molecule has 0 bridgehead atoms. The second-order valence-corrected chi connectivity index (χ2v) is 5.66. The maximum absolute atomic E-state index is 10.8. The average molecular weight is 371 g/mol. The molecule has 8 heteroatoms. The molecular weight excluding hydrogens is 355 g/mol. The molecule has 0 saturated carbocycles. The Balaban J connectivity index is 2.26. The van der Waals surface area contributed by atoms with Gasteiger partial charge in [0.2, 0.25) is 5.88 Å². The topological polar surface area (TPSA) is 73.6 Å². The van der Waals surface area contributed by atoms with Gasteiger partial charge in [-0.3, -0.25) is 4.68 Å². The number of halogens is 2. The minimum absolute atomic E-state index is 0.345. The zero-order valence-corrected chi connectivity index (χ0v) is 14.4. The first-order valence-corrected chi connectivity index (χ1v) is 7.79. The van der Waals surface area contributed by atoms with E-state index in [4.69, 9.17) is 37.8 Å². The summed E-state index contributed by atoms with van der Waals surface area (Å²) in [5.41, 5.74) is 1.38. The number of carboxylic acids is 1. The molecule has 0 atom stereocenters. The van der Waals surface area contributed by atoms with Gasteiger partial charge in [-0.05, 0) is 23.8 Å². The molecule has 6 nitrogen and oxygen atoms in total. The summed E-state index contributed by atoms with van der Waals surface area (Å²) in [4.78, 5) is 10.8. The first-order valence-electron chi connectivity index (χ1n) is 7.04. The molecule has 0 saturated heterocycles. The molecule has 0 aliphatic rings. The molecule has 0 aliphatic carbocycles. The van der Waals surface area contributed by atoms with Crippen molar-refractivity contribution in [3.05, 3.63) is 51.6 Å². The second kappa shape index (κ2) is 8.73. The van der Waals surface area contributed by atoms with E-state index < -0.39 is 5.97 Å². The van der Waals surface area contributed by atoms with Gasteiger partial charge in [0.05, 0.1) is 18.8 Å². The molecule has 0 unspecified atom stereocenters. The maximum atomic E-state index is 10.8. The maximum Gasteiger partial charge on any atom is 0.328 e. The molecule has 0 spiro atoms. The quantitative estimate of drug-likeness (QED) is 0.569. The summed E-state index contributed by atoms with van der Waals surface area (Å²) in [6.45, 7) is 1.12. The molecular formula is C16H16Cl2N2O4. The zero-order valence-electron chi connectivity index (χ0n) is 12.9. The molecule has 1 N–H and O–H groups in total. The number of hydrogen-bond donors (Lipinski definition) is 1. The summed E-state index contributed by atoms with van der Waals surface area (Å²) in [5, 5.41) is 14.2. The minimum atomic E-state index is -1.05. The Bertz CT molecular complexity index is 744. The van der Waals surface area contributed by atoms with E-state index in [1.807, 2.05) is 0 Å². The number of carbonyl (C=O) groups is 1. The van der Waals surface area contributed by atoms with E-state index in [9.17, 15) is 4.79 Å². The number of rotatable bonds is 8. The molecule has 2 aromatic rings. The van der Waals surface area contributed by atoms with E-state index in [0.717, 1.165) is 11.6 Å². The summed E-state index contributed by atoms with van der Waals surface area (Å²) < 4.78 is 12.0. The molecule has 0 aliphatic heterocycles. The van der Waals surface area contributed by atoms with Crippen LogP contribution in [0.3, 0.4) is 0 Å². The molecule has 1 aromatic carbocycles. The first kappa shape index (κ1) is 18.3. The Kier molecular flexibility index (Phi) is 6.66. The van der Waals surface area contributed by atoms with E-state index >= 15 is 0 Å². The van der Waals surface area contributed by atoms with Crippen molar-refractivity contribution in [3.63, 3.8) is 0 Å². The second-order valence-electron chi connectivity index (χ2n) is 4.81. The molecule has 1 heterocycles. The Morgan fingerprint density at radius 2 is 2.12 bits per heavy atom. The van der Waals surface area contributed by atoms with Crippen LogP contribution >= 0.6 is 23.2 Å². The lowest BCUT2D eigenvalue weighted by atomic mass is 10.2. The Morgan fingerprint density at radius 1 is 1.33 bits per heavy atom. The van der Waals surface area contributed by atoms with Crippen LogP contribution in [0, 0.1) is 0 Å². The SMILES string of the molecule is COCCOc1cc(/C=C/C(=O)O)n(Cc2ccc(Cl)cc2Cl)n1. The van der Waals surface area contributed by atoms with E-state index in [0.29, 0.717) is 41.4 Å². The standard InChI is InChI=1S/C16H16Cl2N2O4/c1-23-6-7-24-15-9-13(4-5-16(21)22)20(19-15)10-11-2-3-12(17)8-14(11)18/h2-5,8-9H,6-7,10H2,1H3,(H,21,22)/b5-4+. The number of aromatic nitrogens is 2. The number of aliphatic carboxylic acids is 1. The van der Waals surface area contributed by atoms with Crippen LogP contribution in [0.1, 0.15) is 11.3 Å². The fourth-order valence-corrected chi connectivity index (χ4v) is 2.40. The predicted octanol–water partition coefficient (Wildman–Crippen LogP) is 3.36. The average Bonchev–Trinajstić information content (AvgIpc) is 2.90. The third-order valence-electron chi connectivity index (χ3n) is 3.06. The van der Waals surface area contributed by atoms with Crippen molar-refractivity contribution in [2.45, 2.75) is 6.54 Å². The highest BCUT2D eigenvalue weighted by Crippen LogP contribution is 2.23. The lowest BCUT2D eigenvalue weighted by Gasteiger charge is -2.07. The fraction of sp³-hybridized carbons (Fsp3) is 0.250. The van der Waals surface area contributed by atoms with Gasteiger partial charge in [0.1, 0.15) is 6.61 Å². The van der Waals surface area contributed by atoms with Gasteiger partial charge in [-0.25, -0.2) is 4.79 Å². The molecule has 0 radical (unpaired) electrons. The van der Waals surface area contributed by atoms with Crippen LogP contribution in [0.15, 0.2) is 30.3 Å². The summed E-state index contributed by atoms with van der Waals surface area (Å²) in [7, 11) is 1.57. The zero-order chi connectivity index (χ0) is 17.5. The van der Waals surface area contributed by atoms with Crippen molar-refractivity contribution >= 4 is 35.2 Å². The van der Waals surface area contributed by atoms with Gasteiger partial charge in [0.15, 0.2) is 0 Å². The van der Waals surface area contributed by atoms with Crippen LogP contribution < -0.4 is 4.74 Å². The largest absolute Gasteiger partial charge is 0.478 e. The van der Waals surface area contributed by atoms with Gasteiger partial charge in [0, 0.05) is 29.3 Å². The van der Waals surface area contributed by atoms with Crippen molar-refractivity contribution in [1.29, 1.82) is 0 Å². The highest BCUT2D eigenvalue weighted by molar-refractivity contribution is 6.35. The molecule has 2 rings (SSSR count). The highest BCUT2D eigenvalue weighted by atomic mass is 35.5. The van der Waals surface area contributed by atoms with E-state index in [1.165, 1.54) is 6.08 Å². The van der Waals surface area contributed by atoms with Gasteiger partial charge < -0.3 is 14.6 Å². The Morgan fingerprint density at radius 3 is 2.79 bits per heavy atom. The predicted molar refractivity (Wildman–Crippen MR) is 91.8 cm³/mol. The number of hydrogen-bond acceptors (Lipinski definition) is 4. The minimum Gasteiger partial charge on any atom is -0.478 e. The summed E-state index contributed by atoms with van der Waals surface area (Å²) in [6, 6.07) is 6.82.